The van der Waals surface area contributed by atoms with Crippen molar-refractivity contribution in [1.29, 1.82) is 0 Å². The Bertz CT molecular complexity index is 1150. The summed E-state index contributed by atoms with van der Waals surface area (Å²) >= 11 is 5.96. The molecule has 5 nitrogen and oxygen atoms in total. The van der Waals surface area contributed by atoms with Crippen LogP contribution in [0.4, 0.5) is 21.5 Å². The van der Waals surface area contributed by atoms with Gasteiger partial charge in [0.2, 0.25) is 11.8 Å². The summed E-state index contributed by atoms with van der Waals surface area (Å²) in [5.74, 6) is -1.32. The van der Waals surface area contributed by atoms with E-state index < -0.39 is 11.7 Å². The number of aliphatic imine (C=N–C) groups is 1. The molecule has 0 bridgehead atoms. The highest BCUT2D eigenvalue weighted by molar-refractivity contribution is 6.30. The van der Waals surface area contributed by atoms with Crippen LogP contribution in [-0.4, -0.2) is 24.1 Å². The van der Waals surface area contributed by atoms with E-state index >= 15 is 0 Å². The second-order valence-electron chi connectivity index (χ2n) is 6.74. The number of carbonyl (C=O) groups is 2. The van der Waals surface area contributed by atoms with Crippen LogP contribution in [-0.2, 0) is 9.59 Å². The van der Waals surface area contributed by atoms with Crippen molar-refractivity contribution in [3.63, 3.8) is 0 Å². The van der Waals surface area contributed by atoms with E-state index in [-0.39, 0.29) is 24.6 Å². The predicted molar refractivity (Wildman–Crippen MR) is 116 cm³/mol. The van der Waals surface area contributed by atoms with Crippen molar-refractivity contribution in [2.45, 2.75) is 6.42 Å². The highest BCUT2D eigenvalue weighted by Gasteiger charge is 2.26. The highest BCUT2D eigenvalue weighted by atomic mass is 35.5. The summed E-state index contributed by atoms with van der Waals surface area (Å²) in [6, 6.07) is 20.1. The fourth-order valence-corrected chi connectivity index (χ4v) is 3.35. The molecule has 7 heteroatoms. The maximum absolute atomic E-state index is 13.9. The zero-order valence-corrected chi connectivity index (χ0v) is 16.6. The molecule has 1 N–H and O–H groups in total. The number of rotatable bonds is 4. The van der Waals surface area contributed by atoms with Crippen LogP contribution in [0.2, 0.25) is 5.02 Å². The number of para-hydroxylation sites is 3. The van der Waals surface area contributed by atoms with E-state index in [1.54, 1.807) is 48.5 Å². The van der Waals surface area contributed by atoms with Gasteiger partial charge >= 0.3 is 0 Å². The second-order valence-corrected chi connectivity index (χ2v) is 7.18. The average Bonchev–Trinajstić information content (AvgIpc) is 2.87. The smallest absolute Gasteiger partial charge is 0.244 e. The van der Waals surface area contributed by atoms with Crippen molar-refractivity contribution in [3.8, 4) is 0 Å². The minimum Gasteiger partial charge on any atom is -0.322 e. The molecule has 30 heavy (non-hydrogen) atoms. The van der Waals surface area contributed by atoms with Gasteiger partial charge in [0, 0.05) is 5.02 Å². The van der Waals surface area contributed by atoms with Crippen LogP contribution in [0.3, 0.4) is 0 Å². The van der Waals surface area contributed by atoms with Gasteiger partial charge in [-0.3, -0.25) is 14.6 Å². The number of carbonyl (C=O) groups excluding carboxylic acids is 2. The molecular weight excluding hydrogens is 405 g/mol. The molecule has 1 heterocycles. The quantitative estimate of drug-likeness (QED) is 0.646. The lowest BCUT2D eigenvalue weighted by Gasteiger charge is -2.22. The fourth-order valence-electron chi connectivity index (χ4n) is 3.22. The Morgan fingerprint density at radius 2 is 1.73 bits per heavy atom. The summed E-state index contributed by atoms with van der Waals surface area (Å²) < 4.78 is 13.9. The van der Waals surface area contributed by atoms with Crippen molar-refractivity contribution >= 4 is 46.2 Å². The molecule has 150 valence electrons. The summed E-state index contributed by atoms with van der Waals surface area (Å²) in [5.41, 5.74) is 2.53. The van der Waals surface area contributed by atoms with Crippen LogP contribution < -0.4 is 10.2 Å². The highest BCUT2D eigenvalue weighted by Crippen LogP contribution is 2.33. The van der Waals surface area contributed by atoms with E-state index in [1.165, 1.54) is 23.1 Å². The molecule has 0 fully saturated rings. The van der Waals surface area contributed by atoms with Crippen LogP contribution in [0.15, 0.2) is 77.8 Å². The zero-order valence-electron chi connectivity index (χ0n) is 15.8. The van der Waals surface area contributed by atoms with Crippen molar-refractivity contribution < 1.29 is 14.0 Å². The first-order chi connectivity index (χ1) is 14.5. The molecule has 3 aromatic rings. The minimum absolute atomic E-state index is 0.0172. The van der Waals surface area contributed by atoms with E-state index in [9.17, 15) is 14.0 Å². The molecule has 4 rings (SSSR count). The third-order valence-electron chi connectivity index (χ3n) is 4.67. The summed E-state index contributed by atoms with van der Waals surface area (Å²) in [5, 5.41) is 3.11. The Hall–Kier alpha value is -3.51. The lowest BCUT2D eigenvalue weighted by Crippen LogP contribution is -2.38. The van der Waals surface area contributed by atoms with Gasteiger partial charge in [0.15, 0.2) is 0 Å². The lowest BCUT2D eigenvalue weighted by molar-refractivity contribution is -0.120. The molecule has 1 aliphatic rings. The SMILES string of the molecule is O=C(CN1C(=O)CC(c2ccc(Cl)cc2)=Nc2ccccc21)Nc1ccccc1F. The summed E-state index contributed by atoms with van der Waals surface area (Å²) in [6.45, 7) is -0.256. The van der Waals surface area contributed by atoms with Gasteiger partial charge in [-0.15, -0.1) is 0 Å². The van der Waals surface area contributed by atoms with E-state index in [2.05, 4.69) is 10.3 Å². The third kappa shape index (κ3) is 4.23. The first-order valence-electron chi connectivity index (χ1n) is 9.28. The van der Waals surface area contributed by atoms with Crippen molar-refractivity contribution in [2.24, 2.45) is 4.99 Å². The fraction of sp³-hybridized carbons (Fsp3) is 0.0870. The molecule has 0 saturated carbocycles. The minimum atomic E-state index is -0.540. The number of hydrogen-bond donors (Lipinski definition) is 1. The Labute approximate surface area is 177 Å². The number of nitrogens with one attached hydrogen (secondary N) is 1. The normalized spacial score (nSPS) is 13.3. The maximum Gasteiger partial charge on any atom is 0.244 e. The topological polar surface area (TPSA) is 61.8 Å². The van der Waals surface area contributed by atoms with Gasteiger partial charge in [0.25, 0.3) is 0 Å². The van der Waals surface area contributed by atoms with Crippen LogP contribution in [0.1, 0.15) is 12.0 Å². The Kier molecular flexibility index (Phi) is 5.59. The first-order valence-corrected chi connectivity index (χ1v) is 9.66. The van der Waals surface area contributed by atoms with Gasteiger partial charge < -0.3 is 10.2 Å². The van der Waals surface area contributed by atoms with Gasteiger partial charge in [-0.25, -0.2) is 4.39 Å². The number of hydrogen-bond acceptors (Lipinski definition) is 3. The van der Waals surface area contributed by atoms with Gasteiger partial charge in [-0.2, -0.15) is 0 Å². The summed E-state index contributed by atoms with van der Waals surface area (Å²) in [6.07, 6.45) is 0.0172. The van der Waals surface area contributed by atoms with Gasteiger partial charge in [0.05, 0.1) is 29.2 Å². The molecule has 2 amide bonds. The average molecular weight is 422 g/mol. The van der Waals surface area contributed by atoms with Gasteiger partial charge in [-0.05, 0) is 42.0 Å². The van der Waals surface area contributed by atoms with Gasteiger partial charge in [0.1, 0.15) is 12.4 Å². The first kappa shape index (κ1) is 19.8. The van der Waals surface area contributed by atoms with Gasteiger partial charge in [-0.1, -0.05) is 48.0 Å². The number of amides is 2. The van der Waals surface area contributed by atoms with E-state index in [0.29, 0.717) is 22.1 Å². The summed E-state index contributed by atoms with van der Waals surface area (Å²) in [7, 11) is 0. The second kappa shape index (κ2) is 8.47. The van der Waals surface area contributed by atoms with Crippen LogP contribution in [0.25, 0.3) is 0 Å². The molecular formula is C23H17ClFN3O2. The zero-order chi connectivity index (χ0) is 21.1. The third-order valence-corrected chi connectivity index (χ3v) is 4.93. The molecule has 0 unspecified atom stereocenters. The number of halogens is 2. The van der Waals surface area contributed by atoms with E-state index in [4.69, 9.17) is 11.6 Å². The largest absolute Gasteiger partial charge is 0.322 e. The number of nitrogens with zero attached hydrogens (tertiary/aromatic N) is 2. The predicted octanol–water partition coefficient (Wildman–Crippen LogP) is 4.98. The number of anilines is 2. The van der Waals surface area contributed by atoms with Crippen molar-refractivity contribution in [1.82, 2.24) is 0 Å². The molecule has 1 aliphatic heterocycles. The molecule has 0 aliphatic carbocycles. The lowest BCUT2D eigenvalue weighted by atomic mass is 10.1. The van der Waals surface area contributed by atoms with Crippen molar-refractivity contribution in [2.75, 3.05) is 16.8 Å². The summed E-state index contributed by atoms with van der Waals surface area (Å²) in [4.78, 5) is 31.7. The molecule has 3 aromatic carbocycles. The number of benzene rings is 3. The molecule has 0 radical (unpaired) electrons. The standard InChI is InChI=1S/C23H17ClFN3O2/c24-16-11-9-15(10-12-16)20-13-23(30)28(21-8-4-3-7-19(21)26-20)14-22(29)27-18-6-2-1-5-17(18)25/h1-12H,13-14H2,(H,27,29). The Balaban J connectivity index is 1.62. The monoisotopic (exact) mass is 421 g/mol. The number of fused-ring (bicyclic) bond motifs is 1. The Morgan fingerprint density at radius 3 is 2.50 bits per heavy atom. The maximum atomic E-state index is 13.9. The Morgan fingerprint density at radius 1 is 1.03 bits per heavy atom. The van der Waals surface area contributed by atoms with Crippen LogP contribution >= 0.6 is 11.6 Å². The van der Waals surface area contributed by atoms with Crippen molar-refractivity contribution in [3.05, 3.63) is 89.2 Å². The molecule has 0 saturated heterocycles. The van der Waals surface area contributed by atoms with Crippen LogP contribution in [0.5, 0.6) is 0 Å². The van der Waals surface area contributed by atoms with Crippen LogP contribution in [0, 0.1) is 5.82 Å². The van der Waals surface area contributed by atoms with E-state index in [1.807, 2.05) is 6.07 Å². The van der Waals surface area contributed by atoms with E-state index in [0.717, 1.165) is 5.56 Å². The molecule has 0 atom stereocenters. The molecule has 0 spiro atoms. The molecule has 0 aromatic heterocycles.